The van der Waals surface area contributed by atoms with E-state index in [1.807, 2.05) is 11.8 Å². The molecule has 6 fully saturated rings. The number of phenols is 1. The van der Waals surface area contributed by atoms with Gasteiger partial charge in [0.25, 0.3) is 0 Å². The molecule has 1 spiro atoms. The molecule has 6 aliphatic heterocycles. The number of aryl methyl sites for hydroxylation is 1. The predicted octanol–water partition coefficient (Wildman–Crippen LogP) is 7.90. The van der Waals surface area contributed by atoms with Gasteiger partial charge in [0.15, 0.2) is 5.82 Å². The number of rotatable bonds is 12. The van der Waals surface area contributed by atoms with E-state index < -0.39 is 17.2 Å². The molecule has 8 heterocycles. The van der Waals surface area contributed by atoms with Gasteiger partial charge in [0.1, 0.15) is 28.6 Å². The van der Waals surface area contributed by atoms with E-state index in [9.17, 15) is 19.8 Å². The van der Waals surface area contributed by atoms with Gasteiger partial charge in [-0.05, 0) is 160 Å². The van der Waals surface area contributed by atoms with Crippen molar-refractivity contribution in [3.63, 3.8) is 0 Å². The van der Waals surface area contributed by atoms with Gasteiger partial charge < -0.3 is 34.5 Å². The number of aromatic hydroxyl groups is 1. The second-order valence-electron chi connectivity index (χ2n) is 23.4. The summed E-state index contributed by atoms with van der Waals surface area (Å²) >= 11 is 0. The van der Waals surface area contributed by atoms with E-state index in [1.54, 1.807) is 25.3 Å². The average molecular weight is 998 g/mol. The Morgan fingerprint density at radius 1 is 0.890 bits per heavy atom. The monoisotopic (exact) mass is 998 g/mol. The average Bonchev–Trinajstić information content (AvgIpc) is 4.06. The highest BCUT2D eigenvalue weighted by Gasteiger charge is 2.49. The van der Waals surface area contributed by atoms with E-state index in [1.165, 1.54) is 74.3 Å². The number of fused-ring (bicyclic) bond motifs is 3. The molecule has 16 heteroatoms. The van der Waals surface area contributed by atoms with Crippen molar-refractivity contribution in [1.29, 1.82) is 0 Å². The number of nitrogens with one attached hydrogen (secondary N) is 1. The van der Waals surface area contributed by atoms with Gasteiger partial charge in [0.2, 0.25) is 11.8 Å². The van der Waals surface area contributed by atoms with Gasteiger partial charge in [0, 0.05) is 94.2 Å². The Balaban J connectivity index is 0.660. The smallest absolute Gasteiger partial charge is 0.319 e. The molecule has 12 rings (SSSR count). The number of carbonyl (C=O) groups excluding carboxylic acids is 2. The normalized spacial score (nSPS) is 25.6. The number of hydrogen-bond donors (Lipinski definition) is 3. The van der Waals surface area contributed by atoms with Crippen LogP contribution < -0.4 is 19.9 Å². The van der Waals surface area contributed by atoms with Gasteiger partial charge in [-0.1, -0.05) is 19.1 Å². The topological polar surface area (TPSA) is 151 Å². The van der Waals surface area contributed by atoms with Gasteiger partial charge in [-0.3, -0.25) is 24.8 Å². The molecule has 2 amide bonds. The molecular formula is C57H69F2N9O5. The van der Waals surface area contributed by atoms with Gasteiger partial charge >= 0.3 is 6.01 Å². The van der Waals surface area contributed by atoms with Crippen molar-refractivity contribution in [1.82, 2.24) is 35.0 Å². The number of anilines is 2. The van der Waals surface area contributed by atoms with Crippen LogP contribution in [0.5, 0.6) is 11.8 Å². The van der Waals surface area contributed by atoms with E-state index in [2.05, 4.69) is 55.0 Å². The molecule has 2 unspecified atom stereocenters. The second-order valence-corrected chi connectivity index (χ2v) is 23.4. The lowest BCUT2D eigenvalue weighted by Crippen LogP contribution is -2.61. The van der Waals surface area contributed by atoms with Crippen LogP contribution in [-0.2, 0) is 22.6 Å². The quantitative estimate of drug-likeness (QED) is 0.104. The molecule has 386 valence electrons. The molecule has 5 aromatic rings. The van der Waals surface area contributed by atoms with Gasteiger partial charge in [0.05, 0.1) is 23.6 Å². The maximum Gasteiger partial charge on any atom is 0.319 e. The molecule has 3 N–H and O–H groups in total. The number of piperidine rings is 4. The van der Waals surface area contributed by atoms with Crippen LogP contribution in [0.15, 0.2) is 48.7 Å². The van der Waals surface area contributed by atoms with Crippen LogP contribution >= 0.6 is 0 Å². The number of phenolic OH excluding ortho intramolecular Hbond substituents is 1. The number of hydrogen-bond acceptors (Lipinski definition) is 13. The summed E-state index contributed by atoms with van der Waals surface area (Å²) < 4.78 is 38.9. The van der Waals surface area contributed by atoms with E-state index in [0.717, 1.165) is 58.5 Å². The molecule has 3 aromatic carbocycles. The van der Waals surface area contributed by atoms with Crippen LogP contribution in [-0.4, -0.2) is 135 Å². The fraction of sp³-hybridized carbons (Fsp3) is 0.561. The number of β-amino-alcohol motifs (C(OH)–C–C–N with tert-alkyl or cyclic N) is 1. The Bertz CT molecular complexity index is 2980. The summed E-state index contributed by atoms with van der Waals surface area (Å²) in [5, 5.41) is 25.9. The van der Waals surface area contributed by atoms with Crippen LogP contribution in [0, 0.1) is 28.4 Å². The van der Waals surface area contributed by atoms with Crippen LogP contribution in [0.1, 0.15) is 108 Å². The minimum Gasteiger partial charge on any atom is -0.508 e. The zero-order valence-electron chi connectivity index (χ0n) is 42.6. The predicted molar refractivity (Wildman–Crippen MR) is 277 cm³/mol. The molecule has 0 bridgehead atoms. The number of aromatic nitrogens is 3. The summed E-state index contributed by atoms with van der Waals surface area (Å²) in [6, 6.07) is 12.8. The lowest BCUT2D eigenvalue weighted by molar-refractivity contribution is -0.138. The number of amides is 2. The van der Waals surface area contributed by atoms with Crippen molar-refractivity contribution < 1.29 is 33.3 Å². The van der Waals surface area contributed by atoms with E-state index in [-0.39, 0.29) is 57.8 Å². The first kappa shape index (κ1) is 48.4. The number of ether oxygens (including phenoxy) is 1. The minimum atomic E-state index is -0.955. The van der Waals surface area contributed by atoms with Crippen LogP contribution in [0.25, 0.3) is 32.9 Å². The highest BCUT2D eigenvalue weighted by Crippen LogP contribution is 2.49. The third-order valence-corrected chi connectivity index (χ3v) is 18.0. The van der Waals surface area contributed by atoms with Crippen molar-refractivity contribution >= 4 is 45.0 Å². The molecular weight excluding hydrogens is 929 g/mol. The van der Waals surface area contributed by atoms with Crippen molar-refractivity contribution in [3.8, 4) is 23.0 Å². The molecule has 3 atom stereocenters. The van der Waals surface area contributed by atoms with E-state index in [0.29, 0.717) is 84.3 Å². The number of benzene rings is 3. The number of carbonyl (C=O) groups is 2. The minimum absolute atomic E-state index is 0.0276. The summed E-state index contributed by atoms with van der Waals surface area (Å²) in [5.41, 5.74) is 3.95. The third kappa shape index (κ3) is 9.28. The molecule has 7 aliphatic rings. The summed E-state index contributed by atoms with van der Waals surface area (Å²) in [6.45, 7) is 16.6. The lowest BCUT2D eigenvalue weighted by atomic mass is 9.71. The molecule has 1 aliphatic carbocycles. The molecule has 73 heavy (non-hydrogen) atoms. The zero-order chi connectivity index (χ0) is 50.4. The van der Waals surface area contributed by atoms with Crippen LogP contribution in [0.3, 0.4) is 0 Å². The first-order valence-corrected chi connectivity index (χ1v) is 27.0. The largest absolute Gasteiger partial charge is 0.508 e. The van der Waals surface area contributed by atoms with Gasteiger partial charge in [-0.15, -0.1) is 0 Å². The molecule has 14 nitrogen and oxygen atoms in total. The summed E-state index contributed by atoms with van der Waals surface area (Å²) in [7, 11) is 0. The van der Waals surface area contributed by atoms with E-state index in [4.69, 9.17) is 14.7 Å². The number of nitrogens with zero attached hydrogens (tertiary/aromatic N) is 8. The van der Waals surface area contributed by atoms with Crippen LogP contribution in [0.4, 0.5) is 20.3 Å². The molecule has 2 aromatic heterocycles. The Morgan fingerprint density at radius 3 is 2.42 bits per heavy atom. The fourth-order valence-electron chi connectivity index (χ4n) is 13.7. The van der Waals surface area contributed by atoms with Crippen molar-refractivity contribution in [2.24, 2.45) is 16.7 Å². The zero-order valence-corrected chi connectivity index (χ0v) is 42.6. The highest BCUT2D eigenvalue weighted by molar-refractivity contribution is 6.02. The van der Waals surface area contributed by atoms with Crippen molar-refractivity contribution in [3.05, 3.63) is 77.0 Å². The molecule has 1 saturated carbocycles. The summed E-state index contributed by atoms with van der Waals surface area (Å²) in [6.07, 6.45) is 11.1. The summed E-state index contributed by atoms with van der Waals surface area (Å²) in [5.74, 6) is -0.368. The Hall–Kier alpha value is -5.55. The van der Waals surface area contributed by atoms with Crippen molar-refractivity contribution in [2.75, 3.05) is 81.9 Å². The highest BCUT2D eigenvalue weighted by atomic mass is 19.1. The van der Waals surface area contributed by atoms with Gasteiger partial charge in [-0.25, -0.2) is 8.78 Å². The Morgan fingerprint density at radius 2 is 1.68 bits per heavy atom. The van der Waals surface area contributed by atoms with Crippen molar-refractivity contribution in [2.45, 2.75) is 116 Å². The summed E-state index contributed by atoms with van der Waals surface area (Å²) in [4.78, 5) is 50.7. The SMILES string of the molecule is CCc1c(F)ccc2cc(O)cc(-c3ncc4c(N5CCC[C@@](C)(O)C5)nc(OCC5(CN6CCC7(CC6)CN(CC6CCN(c8ccc9c(c8)CN(C8CCC(=O)NC8=O)C9C)CC6)C7)CC5)nc4c3F)c12. The number of pyridine rings is 1. The van der Waals surface area contributed by atoms with Gasteiger partial charge in [-0.2, -0.15) is 9.97 Å². The first-order chi connectivity index (χ1) is 35.1. The van der Waals surface area contributed by atoms with E-state index >= 15 is 8.78 Å². The maximum absolute atomic E-state index is 17.2. The fourth-order valence-corrected chi connectivity index (χ4v) is 13.7. The third-order valence-electron chi connectivity index (χ3n) is 18.0. The standard InChI is InChI=1S/C57H69F2N9O5/c1-4-41-45(58)9-6-37-25-40(69)26-43(48(37)41)50-49(59)51-44(27-60-50)52(67-19-5-14-55(3,72)30-67)63-54(62-51)73-34-57(15-16-57)33-64-22-17-56(18-23-64)31-65(32-56)28-36-12-20-66(21-13-36)39-7-8-42-35(2)68(29-38(42)24-39)46-10-11-47(70)61-53(46)71/h6-9,24-27,35-36,46,69,72H,4-5,10-23,28-34H2,1-3H3,(H,61,70,71)/t35?,46?,55-/m1/s1. The number of halogens is 2. The molecule has 0 radical (unpaired) electrons. The first-order valence-electron chi connectivity index (χ1n) is 27.0. The maximum atomic E-state index is 17.2. The number of aliphatic hydroxyl groups is 1. The second kappa shape index (κ2) is 18.7. The Kier molecular flexibility index (Phi) is 12.4. The molecule has 5 saturated heterocycles. The van der Waals surface area contributed by atoms with Crippen LogP contribution in [0.2, 0.25) is 0 Å². The lowest BCUT2D eigenvalue weighted by Gasteiger charge is -2.55. The number of likely N-dealkylation sites (tertiary alicyclic amines) is 2. The number of imide groups is 1. The Labute approximate surface area is 426 Å².